The van der Waals surface area contributed by atoms with Crippen molar-refractivity contribution in [3.63, 3.8) is 0 Å². The molecule has 8 nitrogen and oxygen atoms in total. The van der Waals surface area contributed by atoms with Gasteiger partial charge in [0.05, 0.1) is 19.3 Å². The lowest BCUT2D eigenvalue weighted by atomic mass is 9.90. The maximum absolute atomic E-state index is 13.7. The molecule has 0 spiro atoms. The maximum Gasteiger partial charge on any atom is 0.277 e. The number of nitrogens with zero attached hydrogens (tertiary/aromatic N) is 4. The number of aromatic amines is 1. The molecule has 1 unspecified atom stereocenters. The molecule has 9 heteroatoms. The molecule has 164 valence electrons. The fourth-order valence-corrected chi connectivity index (χ4v) is 4.50. The molecule has 0 saturated carbocycles. The summed E-state index contributed by atoms with van der Waals surface area (Å²) in [5.74, 6) is 1.90. The third-order valence-electron chi connectivity index (χ3n) is 6.53. The number of nitrogens with one attached hydrogen (secondary N) is 1. The van der Waals surface area contributed by atoms with Crippen molar-refractivity contribution in [3.8, 4) is 5.75 Å². The van der Waals surface area contributed by atoms with Crippen LogP contribution in [0.4, 0.5) is 4.39 Å². The van der Waals surface area contributed by atoms with E-state index in [1.54, 1.807) is 16.8 Å². The van der Waals surface area contributed by atoms with Crippen LogP contribution in [0.15, 0.2) is 29.2 Å². The molecular formula is C22H26FN5O3. The second kappa shape index (κ2) is 8.05. The van der Waals surface area contributed by atoms with Crippen molar-refractivity contribution in [1.82, 2.24) is 24.5 Å². The summed E-state index contributed by atoms with van der Waals surface area (Å²) in [6, 6.07) is 4.97. The van der Waals surface area contributed by atoms with Gasteiger partial charge in [0.15, 0.2) is 17.1 Å². The molecule has 31 heavy (non-hydrogen) atoms. The molecule has 2 saturated heterocycles. The SMILES string of the molecule is COc1cc(C2CN(C(C)c3nn4c(C5CCOCC5)ncc4c(=O)[nH]3)C2)ccc1F. The normalized spacial score (nSPS) is 19.5. The van der Waals surface area contributed by atoms with E-state index in [2.05, 4.69) is 14.9 Å². The Morgan fingerprint density at radius 1 is 1.26 bits per heavy atom. The summed E-state index contributed by atoms with van der Waals surface area (Å²) >= 11 is 0. The molecule has 2 aromatic heterocycles. The highest BCUT2D eigenvalue weighted by molar-refractivity contribution is 5.42. The van der Waals surface area contributed by atoms with E-state index in [4.69, 9.17) is 14.6 Å². The highest BCUT2D eigenvalue weighted by Gasteiger charge is 2.34. The van der Waals surface area contributed by atoms with E-state index in [0.717, 1.165) is 37.3 Å². The standard InChI is InChI=1S/C22H26FN5O3/c1-13(27-11-16(12-27)15-3-4-17(23)19(9-15)30-2)20-25-22(29)18-10-24-21(28(18)26-20)14-5-7-31-8-6-14/h3-4,9-10,13-14,16H,5-8,11-12H2,1-2H3,(H,25,26,29). The van der Waals surface area contributed by atoms with Crippen LogP contribution in [0, 0.1) is 5.82 Å². The molecule has 3 aromatic rings. The summed E-state index contributed by atoms with van der Waals surface area (Å²) in [5.41, 5.74) is 1.34. The molecule has 0 radical (unpaired) electrons. The number of imidazole rings is 1. The first-order chi connectivity index (χ1) is 15.0. The summed E-state index contributed by atoms with van der Waals surface area (Å²) in [7, 11) is 1.47. The van der Waals surface area contributed by atoms with Crippen LogP contribution in [0.25, 0.3) is 5.52 Å². The third-order valence-corrected chi connectivity index (χ3v) is 6.53. The molecule has 1 N–H and O–H groups in total. The van der Waals surface area contributed by atoms with Gasteiger partial charge in [-0.25, -0.2) is 13.9 Å². The van der Waals surface area contributed by atoms with E-state index in [1.807, 2.05) is 13.0 Å². The van der Waals surface area contributed by atoms with Crippen LogP contribution >= 0.6 is 0 Å². The van der Waals surface area contributed by atoms with Gasteiger partial charge in [0, 0.05) is 38.1 Å². The number of likely N-dealkylation sites (tertiary alicyclic amines) is 1. The Hall–Kier alpha value is -2.78. The first kappa shape index (κ1) is 20.1. The van der Waals surface area contributed by atoms with Gasteiger partial charge >= 0.3 is 0 Å². The monoisotopic (exact) mass is 427 g/mol. The quantitative estimate of drug-likeness (QED) is 0.674. The van der Waals surface area contributed by atoms with Crippen molar-refractivity contribution >= 4 is 5.52 Å². The zero-order valence-electron chi connectivity index (χ0n) is 17.7. The zero-order chi connectivity index (χ0) is 21.5. The van der Waals surface area contributed by atoms with Crippen LogP contribution < -0.4 is 10.3 Å². The molecule has 0 amide bonds. The van der Waals surface area contributed by atoms with E-state index in [0.29, 0.717) is 30.5 Å². The van der Waals surface area contributed by atoms with Crippen LogP contribution in [0.1, 0.15) is 54.9 Å². The number of hydrogen-bond acceptors (Lipinski definition) is 6. The Morgan fingerprint density at radius 3 is 2.77 bits per heavy atom. The number of aromatic nitrogens is 4. The average molecular weight is 427 g/mol. The van der Waals surface area contributed by atoms with E-state index in [1.165, 1.54) is 13.2 Å². The fraction of sp³-hybridized carbons (Fsp3) is 0.500. The Balaban J connectivity index is 1.36. The lowest BCUT2D eigenvalue weighted by Crippen LogP contribution is -2.47. The van der Waals surface area contributed by atoms with Crippen molar-refractivity contribution in [1.29, 1.82) is 0 Å². The summed E-state index contributed by atoms with van der Waals surface area (Å²) in [6.07, 6.45) is 3.37. The van der Waals surface area contributed by atoms with Crippen LogP contribution in [-0.2, 0) is 4.74 Å². The van der Waals surface area contributed by atoms with E-state index in [9.17, 15) is 9.18 Å². The van der Waals surface area contributed by atoms with Crippen molar-refractivity contribution in [2.45, 2.75) is 37.6 Å². The second-order valence-corrected chi connectivity index (χ2v) is 8.36. The summed E-state index contributed by atoms with van der Waals surface area (Å²) in [4.78, 5) is 22.3. The topological polar surface area (TPSA) is 84.8 Å². The van der Waals surface area contributed by atoms with Gasteiger partial charge in [0.2, 0.25) is 0 Å². The predicted octanol–water partition coefficient (Wildman–Crippen LogP) is 2.62. The van der Waals surface area contributed by atoms with Gasteiger partial charge in [-0.3, -0.25) is 9.69 Å². The first-order valence-corrected chi connectivity index (χ1v) is 10.7. The smallest absolute Gasteiger partial charge is 0.277 e. The molecular weight excluding hydrogens is 401 g/mol. The minimum Gasteiger partial charge on any atom is -0.494 e. The maximum atomic E-state index is 13.7. The Morgan fingerprint density at radius 2 is 2.03 bits per heavy atom. The second-order valence-electron chi connectivity index (χ2n) is 8.36. The highest BCUT2D eigenvalue weighted by atomic mass is 19.1. The number of ether oxygens (including phenoxy) is 2. The molecule has 5 rings (SSSR count). The van der Waals surface area contributed by atoms with Crippen LogP contribution in [0.5, 0.6) is 5.75 Å². The number of benzene rings is 1. The Kier molecular flexibility index (Phi) is 5.23. The highest BCUT2D eigenvalue weighted by Crippen LogP contribution is 2.35. The lowest BCUT2D eigenvalue weighted by molar-refractivity contribution is 0.0829. The number of hydrogen-bond donors (Lipinski definition) is 1. The van der Waals surface area contributed by atoms with Crippen molar-refractivity contribution in [2.24, 2.45) is 0 Å². The van der Waals surface area contributed by atoms with Crippen molar-refractivity contribution in [3.05, 3.63) is 57.8 Å². The zero-order valence-corrected chi connectivity index (χ0v) is 17.7. The minimum absolute atomic E-state index is 0.0550. The van der Waals surface area contributed by atoms with Crippen molar-refractivity contribution in [2.75, 3.05) is 33.4 Å². The molecule has 0 bridgehead atoms. The van der Waals surface area contributed by atoms with Crippen LogP contribution in [0.3, 0.4) is 0 Å². The molecule has 1 aromatic carbocycles. The number of fused-ring (bicyclic) bond motifs is 1. The molecule has 4 heterocycles. The van der Waals surface area contributed by atoms with Gasteiger partial charge in [0.25, 0.3) is 5.56 Å². The van der Waals surface area contributed by atoms with Gasteiger partial charge in [0.1, 0.15) is 11.6 Å². The summed E-state index contributed by atoms with van der Waals surface area (Å²) < 4.78 is 26.0. The van der Waals surface area contributed by atoms with E-state index in [-0.39, 0.29) is 29.1 Å². The van der Waals surface area contributed by atoms with Gasteiger partial charge in [-0.1, -0.05) is 6.07 Å². The van der Waals surface area contributed by atoms with Gasteiger partial charge in [-0.15, -0.1) is 0 Å². The summed E-state index contributed by atoms with van der Waals surface area (Å²) in [6.45, 7) is 5.05. The lowest BCUT2D eigenvalue weighted by Gasteiger charge is -2.43. The van der Waals surface area contributed by atoms with E-state index < -0.39 is 0 Å². The molecule has 0 aliphatic carbocycles. The average Bonchev–Trinajstić information content (AvgIpc) is 3.19. The largest absolute Gasteiger partial charge is 0.494 e. The Bertz CT molecular complexity index is 1150. The predicted molar refractivity (Wildman–Crippen MR) is 112 cm³/mol. The minimum atomic E-state index is -0.355. The molecule has 2 aliphatic rings. The number of H-pyrrole nitrogens is 1. The van der Waals surface area contributed by atoms with Crippen LogP contribution in [0.2, 0.25) is 0 Å². The Labute approximate surface area is 179 Å². The number of halogens is 1. The van der Waals surface area contributed by atoms with Gasteiger partial charge in [-0.05, 0) is 37.5 Å². The van der Waals surface area contributed by atoms with Gasteiger partial charge in [-0.2, -0.15) is 5.10 Å². The number of methoxy groups -OCH3 is 1. The number of rotatable bonds is 5. The molecule has 2 aliphatic heterocycles. The third kappa shape index (κ3) is 3.61. The molecule has 1 atom stereocenters. The molecule has 2 fully saturated rings. The van der Waals surface area contributed by atoms with Crippen LogP contribution in [-0.4, -0.2) is 57.9 Å². The fourth-order valence-electron chi connectivity index (χ4n) is 4.50. The summed E-state index contributed by atoms with van der Waals surface area (Å²) in [5, 5.41) is 4.76. The van der Waals surface area contributed by atoms with Crippen molar-refractivity contribution < 1.29 is 13.9 Å². The van der Waals surface area contributed by atoms with E-state index >= 15 is 0 Å². The van der Waals surface area contributed by atoms with Gasteiger partial charge < -0.3 is 14.5 Å². The first-order valence-electron chi connectivity index (χ1n) is 10.7.